The molecule has 5 nitrogen and oxygen atoms in total. The maximum absolute atomic E-state index is 12.8. The molecule has 114 valence electrons. The highest BCUT2D eigenvalue weighted by molar-refractivity contribution is 7.89. The van der Waals surface area contributed by atoms with Crippen molar-refractivity contribution in [2.24, 2.45) is 5.73 Å². The first-order valence-corrected chi connectivity index (χ1v) is 8.89. The monoisotopic (exact) mass is 318 g/mol. The van der Waals surface area contributed by atoms with Crippen LogP contribution in [0, 0.1) is 6.92 Å². The number of sulfonamides is 1. The van der Waals surface area contributed by atoms with Crippen LogP contribution in [0.3, 0.4) is 0 Å². The topological polar surface area (TPSA) is 72.6 Å². The third kappa shape index (κ3) is 3.07. The largest absolute Gasteiger partial charge is 0.370 e. The third-order valence-electron chi connectivity index (χ3n) is 3.28. The summed E-state index contributed by atoms with van der Waals surface area (Å²) in [5, 5.41) is 0. The number of ether oxygens (including phenoxy) is 1. The number of aryl methyl sites for hydroxylation is 1. The van der Waals surface area contributed by atoms with Crippen LogP contribution < -0.4 is 5.73 Å². The Morgan fingerprint density at radius 3 is 2.70 bits per heavy atom. The van der Waals surface area contributed by atoms with Gasteiger partial charge in [0.2, 0.25) is 10.0 Å². The Bertz CT molecular complexity index is 593. The minimum absolute atomic E-state index is 0.110. The highest BCUT2D eigenvalue weighted by Gasteiger charge is 2.38. The summed E-state index contributed by atoms with van der Waals surface area (Å²) in [6.07, 6.45) is -0.110. The molecule has 1 saturated heterocycles. The van der Waals surface area contributed by atoms with Crippen LogP contribution in [0.15, 0.2) is 11.0 Å². The van der Waals surface area contributed by atoms with Gasteiger partial charge in [-0.3, -0.25) is 0 Å². The summed E-state index contributed by atoms with van der Waals surface area (Å²) in [5.41, 5.74) is 5.13. The Morgan fingerprint density at radius 1 is 1.55 bits per heavy atom. The van der Waals surface area contributed by atoms with Gasteiger partial charge in [0.25, 0.3) is 0 Å². The molecule has 0 aliphatic carbocycles. The lowest BCUT2D eigenvalue weighted by Crippen LogP contribution is -2.53. The molecule has 1 aromatic heterocycles. The van der Waals surface area contributed by atoms with E-state index in [4.69, 9.17) is 10.5 Å². The Hall–Kier alpha value is -0.470. The molecule has 2 rings (SSSR count). The fourth-order valence-corrected chi connectivity index (χ4v) is 5.75. The van der Waals surface area contributed by atoms with Crippen molar-refractivity contribution in [2.45, 2.75) is 50.8 Å². The van der Waals surface area contributed by atoms with Crippen molar-refractivity contribution in [3.05, 3.63) is 15.8 Å². The maximum Gasteiger partial charge on any atom is 0.244 e. The highest BCUT2D eigenvalue weighted by atomic mass is 32.2. The molecule has 2 N–H and O–H groups in total. The molecular formula is C13H22N2O3S2. The van der Waals surface area contributed by atoms with Gasteiger partial charge in [-0.2, -0.15) is 4.31 Å². The molecule has 20 heavy (non-hydrogen) atoms. The molecule has 0 spiro atoms. The van der Waals surface area contributed by atoms with Gasteiger partial charge in [-0.05, 0) is 33.8 Å². The van der Waals surface area contributed by atoms with Gasteiger partial charge < -0.3 is 10.5 Å². The van der Waals surface area contributed by atoms with Crippen molar-refractivity contribution < 1.29 is 13.2 Å². The van der Waals surface area contributed by atoms with Crippen molar-refractivity contribution in [3.63, 3.8) is 0 Å². The normalized spacial score (nSPS) is 23.9. The lowest BCUT2D eigenvalue weighted by Gasteiger charge is -2.40. The number of hydrogen-bond acceptors (Lipinski definition) is 5. The summed E-state index contributed by atoms with van der Waals surface area (Å²) in [4.78, 5) is 2.07. The van der Waals surface area contributed by atoms with E-state index in [-0.39, 0.29) is 6.10 Å². The lowest BCUT2D eigenvalue weighted by atomic mass is 10.1. The molecule has 0 saturated carbocycles. The van der Waals surface area contributed by atoms with E-state index in [0.717, 1.165) is 9.75 Å². The number of morpholine rings is 1. The lowest BCUT2D eigenvalue weighted by molar-refractivity contribution is -0.109. The fourth-order valence-electron chi connectivity index (χ4n) is 2.60. The Morgan fingerprint density at radius 2 is 2.20 bits per heavy atom. The molecule has 1 aliphatic rings. The van der Waals surface area contributed by atoms with Crippen molar-refractivity contribution in [1.29, 1.82) is 0 Å². The van der Waals surface area contributed by atoms with E-state index < -0.39 is 15.6 Å². The summed E-state index contributed by atoms with van der Waals surface area (Å²) < 4.78 is 32.9. The second-order valence-corrected chi connectivity index (χ2v) is 9.07. The minimum Gasteiger partial charge on any atom is -0.370 e. The Labute approximate surface area is 124 Å². The molecule has 1 fully saturated rings. The number of thiophene rings is 1. The average Bonchev–Trinajstić information content (AvgIpc) is 2.68. The van der Waals surface area contributed by atoms with E-state index >= 15 is 0 Å². The average molecular weight is 318 g/mol. The van der Waals surface area contributed by atoms with Gasteiger partial charge in [-0.1, -0.05) is 0 Å². The molecular weight excluding hydrogens is 296 g/mol. The van der Waals surface area contributed by atoms with E-state index in [1.807, 2.05) is 27.7 Å². The smallest absolute Gasteiger partial charge is 0.244 e. The first-order chi connectivity index (χ1) is 9.15. The molecule has 1 unspecified atom stereocenters. The quantitative estimate of drug-likeness (QED) is 0.921. The first kappa shape index (κ1) is 15.9. The summed E-state index contributed by atoms with van der Waals surface area (Å²) >= 11 is 1.44. The number of nitrogens with zero attached hydrogens (tertiary/aromatic N) is 1. The predicted molar refractivity (Wildman–Crippen MR) is 80.3 cm³/mol. The number of hydrogen-bond donors (Lipinski definition) is 1. The minimum atomic E-state index is -3.48. The zero-order chi connectivity index (χ0) is 15.1. The van der Waals surface area contributed by atoms with Gasteiger partial charge in [0, 0.05) is 29.4 Å². The van der Waals surface area contributed by atoms with Crippen LogP contribution in [-0.4, -0.2) is 37.5 Å². The van der Waals surface area contributed by atoms with Crippen LogP contribution in [0.1, 0.15) is 30.5 Å². The summed E-state index contributed by atoms with van der Waals surface area (Å²) in [6, 6.07) is 1.70. The van der Waals surface area contributed by atoms with Gasteiger partial charge in [0.1, 0.15) is 0 Å². The molecule has 1 aromatic rings. The second-order valence-electron chi connectivity index (χ2n) is 5.82. The molecule has 1 aliphatic heterocycles. The number of nitrogens with two attached hydrogens (primary N) is 1. The fraction of sp³-hybridized carbons (Fsp3) is 0.692. The van der Waals surface area contributed by atoms with E-state index in [9.17, 15) is 8.42 Å². The summed E-state index contributed by atoms with van der Waals surface area (Å²) in [5.74, 6) is 0. The van der Waals surface area contributed by atoms with Gasteiger partial charge in [0.15, 0.2) is 0 Å². The number of rotatable bonds is 3. The maximum atomic E-state index is 12.8. The molecule has 0 aromatic carbocycles. The Kier molecular flexibility index (Phi) is 4.28. The summed E-state index contributed by atoms with van der Waals surface area (Å²) in [7, 11) is -3.48. The zero-order valence-corrected chi connectivity index (χ0v) is 14.0. The van der Waals surface area contributed by atoms with Crippen LogP contribution in [0.5, 0.6) is 0 Å². The van der Waals surface area contributed by atoms with Gasteiger partial charge in [-0.25, -0.2) is 8.42 Å². The Balaban J connectivity index is 2.36. The van der Waals surface area contributed by atoms with Crippen LogP contribution in [0.25, 0.3) is 0 Å². The van der Waals surface area contributed by atoms with Crippen molar-refractivity contribution in [1.82, 2.24) is 4.31 Å². The van der Waals surface area contributed by atoms with Gasteiger partial charge in [0.05, 0.1) is 16.6 Å². The molecule has 2 heterocycles. The standard InChI is InChI=1S/C13H22N2O3S2/c1-9-7-15(8-13(3,4)18-9)20(16,17)12-5-11(6-14)19-10(12)2/h5,9H,6-8,14H2,1-4H3. The SMILES string of the molecule is Cc1sc(CN)cc1S(=O)(=O)N1CC(C)OC(C)(C)C1. The van der Waals surface area contributed by atoms with E-state index in [1.54, 1.807) is 6.07 Å². The molecule has 0 radical (unpaired) electrons. The van der Waals surface area contributed by atoms with Crippen molar-refractivity contribution in [2.75, 3.05) is 13.1 Å². The first-order valence-electron chi connectivity index (χ1n) is 6.63. The molecule has 7 heteroatoms. The van der Waals surface area contributed by atoms with E-state index in [0.29, 0.717) is 24.5 Å². The molecule has 0 amide bonds. The predicted octanol–water partition coefficient (Wildman–Crippen LogP) is 1.70. The zero-order valence-electron chi connectivity index (χ0n) is 12.3. The van der Waals surface area contributed by atoms with Crippen LogP contribution in [0.2, 0.25) is 0 Å². The van der Waals surface area contributed by atoms with Crippen LogP contribution in [0.4, 0.5) is 0 Å². The van der Waals surface area contributed by atoms with Crippen molar-refractivity contribution >= 4 is 21.4 Å². The van der Waals surface area contributed by atoms with Crippen LogP contribution in [-0.2, 0) is 21.3 Å². The van der Waals surface area contributed by atoms with Crippen molar-refractivity contribution in [3.8, 4) is 0 Å². The summed E-state index contributed by atoms with van der Waals surface area (Å²) in [6.45, 7) is 8.67. The third-order valence-corrected chi connectivity index (χ3v) is 6.42. The molecule has 0 bridgehead atoms. The van der Waals surface area contributed by atoms with Gasteiger partial charge >= 0.3 is 0 Å². The van der Waals surface area contributed by atoms with E-state index in [2.05, 4.69) is 0 Å². The van der Waals surface area contributed by atoms with E-state index in [1.165, 1.54) is 15.6 Å². The molecule has 1 atom stereocenters. The second kappa shape index (κ2) is 5.38. The van der Waals surface area contributed by atoms with Gasteiger partial charge in [-0.15, -0.1) is 11.3 Å². The highest BCUT2D eigenvalue weighted by Crippen LogP contribution is 2.31. The van der Waals surface area contributed by atoms with Crippen LogP contribution >= 0.6 is 11.3 Å².